The molecule has 0 fully saturated rings. The zero-order valence-corrected chi connectivity index (χ0v) is 11.2. The highest BCUT2D eigenvalue weighted by molar-refractivity contribution is 8.00. The Balaban J connectivity index is 2.27. The van der Waals surface area contributed by atoms with Crippen molar-refractivity contribution in [1.29, 1.82) is 0 Å². The Labute approximate surface area is 110 Å². The molecular weight excluding hydrogens is 256 g/mol. The van der Waals surface area contributed by atoms with Crippen LogP contribution in [0.5, 0.6) is 0 Å². The largest absolute Gasteiger partial charge is 0.355 e. The average molecular weight is 273 g/mol. The van der Waals surface area contributed by atoms with E-state index in [0.717, 1.165) is 31.4 Å². The lowest BCUT2D eigenvalue weighted by Gasteiger charge is -2.05. The van der Waals surface area contributed by atoms with Crippen LogP contribution in [0.1, 0.15) is 26.2 Å². The third kappa shape index (κ3) is 5.49. The van der Waals surface area contributed by atoms with Crippen molar-refractivity contribution in [2.75, 3.05) is 12.3 Å². The SMILES string of the molecule is CCCCCNC(=O)CSc1ccc(F)c(F)c1. The Morgan fingerprint density at radius 1 is 1.28 bits per heavy atom. The van der Waals surface area contributed by atoms with Crippen molar-refractivity contribution in [3.8, 4) is 0 Å². The van der Waals surface area contributed by atoms with Gasteiger partial charge in [-0.15, -0.1) is 11.8 Å². The third-order valence-electron chi connectivity index (χ3n) is 2.36. The number of hydrogen-bond donors (Lipinski definition) is 1. The fourth-order valence-electron chi connectivity index (χ4n) is 1.37. The van der Waals surface area contributed by atoms with Crippen LogP contribution in [0.25, 0.3) is 0 Å². The fourth-order valence-corrected chi connectivity index (χ4v) is 2.12. The van der Waals surface area contributed by atoms with Crippen molar-refractivity contribution in [3.63, 3.8) is 0 Å². The molecule has 1 aromatic carbocycles. The smallest absolute Gasteiger partial charge is 0.230 e. The first kappa shape index (κ1) is 15.0. The number of benzene rings is 1. The van der Waals surface area contributed by atoms with E-state index in [-0.39, 0.29) is 11.7 Å². The molecule has 0 aliphatic rings. The highest BCUT2D eigenvalue weighted by Crippen LogP contribution is 2.19. The van der Waals surface area contributed by atoms with Crippen molar-refractivity contribution in [2.24, 2.45) is 0 Å². The maximum absolute atomic E-state index is 12.9. The number of carbonyl (C=O) groups is 1. The highest BCUT2D eigenvalue weighted by atomic mass is 32.2. The molecule has 0 atom stereocenters. The van der Waals surface area contributed by atoms with Gasteiger partial charge in [-0.1, -0.05) is 19.8 Å². The van der Waals surface area contributed by atoms with Crippen LogP contribution in [0.15, 0.2) is 23.1 Å². The van der Waals surface area contributed by atoms with E-state index >= 15 is 0 Å². The number of unbranched alkanes of at least 4 members (excludes halogenated alkanes) is 2. The Kier molecular flexibility index (Phi) is 6.72. The first-order chi connectivity index (χ1) is 8.63. The van der Waals surface area contributed by atoms with Crippen LogP contribution in [0.4, 0.5) is 8.78 Å². The topological polar surface area (TPSA) is 29.1 Å². The summed E-state index contributed by atoms with van der Waals surface area (Å²) in [5.41, 5.74) is 0. The van der Waals surface area contributed by atoms with Crippen LogP contribution in [0, 0.1) is 11.6 Å². The quantitative estimate of drug-likeness (QED) is 0.609. The zero-order valence-electron chi connectivity index (χ0n) is 10.3. The number of hydrogen-bond acceptors (Lipinski definition) is 2. The van der Waals surface area contributed by atoms with Crippen LogP contribution in [-0.4, -0.2) is 18.2 Å². The number of thioether (sulfide) groups is 1. The van der Waals surface area contributed by atoms with Gasteiger partial charge in [-0.2, -0.15) is 0 Å². The van der Waals surface area contributed by atoms with E-state index in [2.05, 4.69) is 12.2 Å². The van der Waals surface area contributed by atoms with Gasteiger partial charge in [-0.25, -0.2) is 8.78 Å². The highest BCUT2D eigenvalue weighted by Gasteiger charge is 2.05. The van der Waals surface area contributed by atoms with Crippen LogP contribution in [0.3, 0.4) is 0 Å². The van der Waals surface area contributed by atoms with Crippen molar-refractivity contribution in [3.05, 3.63) is 29.8 Å². The summed E-state index contributed by atoms with van der Waals surface area (Å²) in [7, 11) is 0. The molecule has 5 heteroatoms. The standard InChI is InChI=1S/C13H17F2NOS/c1-2-3-4-7-16-13(17)9-18-10-5-6-11(14)12(15)8-10/h5-6,8H,2-4,7,9H2,1H3,(H,16,17). The average Bonchev–Trinajstić information content (AvgIpc) is 2.36. The molecule has 0 aromatic heterocycles. The maximum atomic E-state index is 12.9. The summed E-state index contributed by atoms with van der Waals surface area (Å²) in [4.78, 5) is 12.0. The Bertz CT molecular complexity index is 399. The number of amides is 1. The number of rotatable bonds is 7. The van der Waals surface area contributed by atoms with Gasteiger partial charge in [0.05, 0.1) is 5.75 Å². The molecule has 0 saturated carbocycles. The summed E-state index contributed by atoms with van der Waals surface area (Å²) in [5.74, 6) is -1.62. The summed E-state index contributed by atoms with van der Waals surface area (Å²) in [6.07, 6.45) is 3.17. The van der Waals surface area contributed by atoms with E-state index in [9.17, 15) is 13.6 Å². The Morgan fingerprint density at radius 3 is 2.72 bits per heavy atom. The number of halogens is 2. The molecule has 18 heavy (non-hydrogen) atoms. The van der Waals surface area contributed by atoms with Crippen molar-refractivity contribution in [2.45, 2.75) is 31.1 Å². The molecule has 0 heterocycles. The first-order valence-electron chi connectivity index (χ1n) is 5.98. The predicted molar refractivity (Wildman–Crippen MR) is 69.6 cm³/mol. The zero-order chi connectivity index (χ0) is 13.4. The predicted octanol–water partition coefficient (Wildman–Crippen LogP) is 3.36. The normalized spacial score (nSPS) is 10.4. The molecule has 1 N–H and O–H groups in total. The van der Waals surface area contributed by atoms with Crippen molar-refractivity contribution >= 4 is 17.7 Å². The molecule has 2 nitrogen and oxygen atoms in total. The first-order valence-corrected chi connectivity index (χ1v) is 6.96. The molecule has 0 saturated heterocycles. The van der Waals surface area contributed by atoms with Gasteiger partial charge in [0.15, 0.2) is 11.6 Å². The van der Waals surface area contributed by atoms with Gasteiger partial charge in [0.2, 0.25) is 5.91 Å². The summed E-state index contributed by atoms with van der Waals surface area (Å²) in [5, 5.41) is 2.79. The van der Waals surface area contributed by atoms with E-state index in [1.54, 1.807) is 0 Å². The lowest BCUT2D eigenvalue weighted by atomic mass is 10.2. The second kappa shape index (κ2) is 8.08. The van der Waals surface area contributed by atoms with Gasteiger partial charge < -0.3 is 5.32 Å². The molecule has 0 radical (unpaired) electrons. The Morgan fingerprint density at radius 2 is 2.06 bits per heavy atom. The van der Waals surface area contributed by atoms with Crippen LogP contribution in [0.2, 0.25) is 0 Å². The lowest BCUT2D eigenvalue weighted by Crippen LogP contribution is -2.26. The third-order valence-corrected chi connectivity index (χ3v) is 3.36. The van der Waals surface area contributed by atoms with E-state index in [1.165, 1.54) is 17.8 Å². The monoisotopic (exact) mass is 273 g/mol. The van der Waals surface area contributed by atoms with Gasteiger partial charge in [-0.05, 0) is 24.6 Å². The van der Waals surface area contributed by atoms with E-state index in [4.69, 9.17) is 0 Å². The summed E-state index contributed by atoms with van der Waals surface area (Å²) in [6.45, 7) is 2.77. The minimum absolute atomic E-state index is 0.0826. The minimum Gasteiger partial charge on any atom is -0.355 e. The lowest BCUT2D eigenvalue weighted by molar-refractivity contribution is -0.118. The van der Waals surface area contributed by atoms with Gasteiger partial charge in [0.1, 0.15) is 0 Å². The summed E-state index contributed by atoms with van der Waals surface area (Å²) >= 11 is 1.20. The van der Waals surface area contributed by atoms with E-state index < -0.39 is 11.6 Å². The number of nitrogens with one attached hydrogen (secondary N) is 1. The molecule has 0 bridgehead atoms. The minimum atomic E-state index is -0.886. The van der Waals surface area contributed by atoms with Gasteiger partial charge in [0, 0.05) is 11.4 Å². The fraction of sp³-hybridized carbons (Fsp3) is 0.462. The molecule has 0 spiro atoms. The van der Waals surface area contributed by atoms with Crippen molar-refractivity contribution in [1.82, 2.24) is 5.32 Å². The molecular formula is C13H17F2NOS. The van der Waals surface area contributed by atoms with Crippen LogP contribution in [-0.2, 0) is 4.79 Å². The molecule has 0 aliphatic carbocycles. The van der Waals surface area contributed by atoms with Gasteiger partial charge >= 0.3 is 0 Å². The van der Waals surface area contributed by atoms with Crippen LogP contribution < -0.4 is 5.32 Å². The maximum Gasteiger partial charge on any atom is 0.230 e. The Hall–Kier alpha value is -1.10. The molecule has 1 aromatic rings. The van der Waals surface area contributed by atoms with Crippen molar-refractivity contribution < 1.29 is 13.6 Å². The van der Waals surface area contributed by atoms with Gasteiger partial charge in [0.25, 0.3) is 0 Å². The van der Waals surface area contributed by atoms with E-state index in [0.29, 0.717) is 11.4 Å². The number of carbonyl (C=O) groups excluding carboxylic acids is 1. The summed E-state index contributed by atoms with van der Waals surface area (Å²) < 4.78 is 25.6. The van der Waals surface area contributed by atoms with Gasteiger partial charge in [-0.3, -0.25) is 4.79 Å². The molecule has 1 amide bonds. The van der Waals surface area contributed by atoms with Crippen LogP contribution >= 0.6 is 11.8 Å². The molecule has 0 unspecified atom stereocenters. The molecule has 0 aliphatic heterocycles. The molecule has 1 rings (SSSR count). The second-order valence-electron chi connectivity index (χ2n) is 3.92. The second-order valence-corrected chi connectivity index (χ2v) is 4.97. The molecule has 100 valence electrons. The summed E-state index contributed by atoms with van der Waals surface area (Å²) in [6, 6.07) is 3.63. The van der Waals surface area contributed by atoms with E-state index in [1.807, 2.05) is 0 Å².